The highest BCUT2D eigenvalue weighted by atomic mass is 16.7. The second-order valence-corrected chi connectivity index (χ2v) is 12.1. The summed E-state index contributed by atoms with van der Waals surface area (Å²) in [5, 5.41) is 20.5. The van der Waals surface area contributed by atoms with Crippen molar-refractivity contribution in [2.75, 3.05) is 19.8 Å². The average molecular weight is 569 g/mol. The molecule has 3 aliphatic rings. The summed E-state index contributed by atoms with van der Waals surface area (Å²) in [6.07, 6.45) is 0.0931. The Labute approximate surface area is 240 Å². The Morgan fingerprint density at radius 1 is 1.07 bits per heavy atom. The van der Waals surface area contributed by atoms with E-state index in [1.807, 2.05) is 52.8 Å². The lowest BCUT2D eigenvalue weighted by atomic mass is 9.75. The van der Waals surface area contributed by atoms with Crippen LogP contribution in [0, 0.1) is 10.1 Å². The zero-order chi connectivity index (χ0) is 30.2. The fourth-order valence-corrected chi connectivity index (χ4v) is 4.60. The first-order valence-corrected chi connectivity index (χ1v) is 13.6. The molecule has 1 saturated heterocycles. The van der Waals surface area contributed by atoms with E-state index in [4.69, 9.17) is 28.1 Å². The maximum atomic E-state index is 11.4. The first kappa shape index (κ1) is 31.0. The Morgan fingerprint density at radius 3 is 2.34 bits per heavy atom. The number of hydrogen-bond acceptors (Lipinski definition) is 10. The summed E-state index contributed by atoms with van der Waals surface area (Å²) >= 11 is 0. The van der Waals surface area contributed by atoms with E-state index in [-0.39, 0.29) is 24.2 Å². The summed E-state index contributed by atoms with van der Waals surface area (Å²) in [6.45, 7) is 13.3. The van der Waals surface area contributed by atoms with Gasteiger partial charge in [-0.05, 0) is 66.2 Å². The monoisotopic (exact) mass is 569 g/mol. The summed E-state index contributed by atoms with van der Waals surface area (Å²) in [5.74, 6) is 1.18. The van der Waals surface area contributed by atoms with Gasteiger partial charge in [0.25, 0.3) is 0 Å². The molecule has 41 heavy (non-hydrogen) atoms. The first-order chi connectivity index (χ1) is 19.1. The number of ether oxygens (including phenoxy) is 2. The van der Waals surface area contributed by atoms with Crippen molar-refractivity contribution in [2.24, 2.45) is 0 Å². The largest absolute Gasteiger partial charge is 0.499 e. The lowest BCUT2D eigenvalue weighted by Gasteiger charge is -2.32. The van der Waals surface area contributed by atoms with E-state index in [2.05, 4.69) is 0 Å². The molecule has 11 nitrogen and oxygen atoms in total. The zero-order valence-corrected chi connectivity index (χ0v) is 24.5. The van der Waals surface area contributed by atoms with Crippen molar-refractivity contribution in [1.29, 1.82) is 0 Å². The van der Waals surface area contributed by atoms with Crippen molar-refractivity contribution in [3.05, 3.63) is 57.6 Å². The molecule has 0 bridgehead atoms. The van der Waals surface area contributed by atoms with E-state index >= 15 is 0 Å². The predicted octanol–water partition coefficient (Wildman–Crippen LogP) is 2.48. The molecule has 0 saturated carbocycles. The van der Waals surface area contributed by atoms with E-state index in [1.54, 1.807) is 32.0 Å². The van der Waals surface area contributed by atoms with Gasteiger partial charge in [-0.2, -0.15) is 0 Å². The van der Waals surface area contributed by atoms with Gasteiger partial charge in [-0.1, -0.05) is 24.3 Å². The second kappa shape index (κ2) is 11.7. The minimum absolute atomic E-state index is 0.0990. The molecule has 0 aromatic heterocycles. The van der Waals surface area contributed by atoms with Crippen molar-refractivity contribution in [1.82, 2.24) is 0 Å². The average Bonchev–Trinajstić information content (AvgIpc) is 3.25. The Morgan fingerprint density at radius 2 is 1.73 bits per heavy atom. The molecule has 0 aliphatic carbocycles. The van der Waals surface area contributed by atoms with Gasteiger partial charge in [-0.3, -0.25) is 14.9 Å². The van der Waals surface area contributed by atoms with Crippen LogP contribution in [-0.4, -0.2) is 73.2 Å². The topological polar surface area (TPSA) is 136 Å². The molecular weight excluding hydrogens is 532 g/mol. The fraction of sp³-hybridized carbons (Fsp3) is 0.536. The van der Waals surface area contributed by atoms with Crippen LogP contribution in [-0.2, 0) is 18.6 Å². The van der Waals surface area contributed by atoms with Gasteiger partial charge in [-0.25, -0.2) is 0 Å². The zero-order valence-electron chi connectivity index (χ0n) is 24.5. The molecule has 2 aromatic rings. The Kier molecular flexibility index (Phi) is 8.87. The molecule has 2 aromatic carbocycles. The summed E-state index contributed by atoms with van der Waals surface area (Å²) in [4.78, 5) is 21.7. The maximum Gasteiger partial charge on any atom is 0.499 e. The summed E-state index contributed by atoms with van der Waals surface area (Å²) in [5.41, 5.74) is 0.603. The normalized spacial score (nSPS) is 22.1. The predicted molar refractivity (Wildman–Crippen MR) is 153 cm³/mol. The van der Waals surface area contributed by atoms with Gasteiger partial charge in [-0.15, -0.1) is 0 Å². The molecular formula is C28H37B2NO10. The molecule has 5 rings (SSSR count). The molecule has 1 fully saturated rings. The molecule has 0 spiro atoms. The van der Waals surface area contributed by atoms with Crippen molar-refractivity contribution >= 4 is 31.4 Å². The third-order valence-corrected chi connectivity index (χ3v) is 7.41. The first-order valence-electron chi connectivity index (χ1n) is 13.6. The van der Waals surface area contributed by atoms with E-state index in [9.17, 15) is 20.0 Å². The van der Waals surface area contributed by atoms with Gasteiger partial charge >= 0.3 is 14.2 Å². The van der Waals surface area contributed by atoms with Crippen LogP contribution in [0.3, 0.4) is 0 Å². The molecule has 2 unspecified atom stereocenters. The molecule has 1 N–H and O–H groups in total. The Balaban J connectivity index is 0.000000194. The van der Waals surface area contributed by atoms with Crippen molar-refractivity contribution < 1.29 is 42.9 Å². The standard InChI is InChI=1S/C17H25BO5.C11H12BNO5/c1-15(2,20)11-21-13-9-7-8-12(10-19)14(13)18-22-16(3,4)17(5,6)23-18;1-7-6-16-9-4-2-3-8-10(5-13(14)15)18-12(17-7)11(8)9/h7-10,20H,11H2,1-6H3;2-4,7,10H,5-6H2,1H3. The smallest absolute Gasteiger partial charge is 0.491 e. The van der Waals surface area contributed by atoms with E-state index in [0.717, 1.165) is 17.3 Å². The summed E-state index contributed by atoms with van der Waals surface area (Å²) < 4.78 is 34.7. The molecule has 0 radical (unpaired) electrons. The molecule has 3 aliphatic heterocycles. The Hall–Kier alpha value is -2.96. The van der Waals surface area contributed by atoms with Crippen LogP contribution in [0.2, 0.25) is 0 Å². The third-order valence-electron chi connectivity index (χ3n) is 7.41. The lowest BCUT2D eigenvalue weighted by molar-refractivity contribution is -0.490. The van der Waals surface area contributed by atoms with Gasteiger partial charge in [0.15, 0.2) is 0 Å². The van der Waals surface area contributed by atoms with Crippen LogP contribution < -0.4 is 20.4 Å². The van der Waals surface area contributed by atoms with E-state index in [0.29, 0.717) is 29.1 Å². The van der Waals surface area contributed by atoms with E-state index < -0.39 is 37.1 Å². The highest BCUT2D eigenvalue weighted by Crippen LogP contribution is 2.37. The van der Waals surface area contributed by atoms with Crippen molar-refractivity contribution in [3.8, 4) is 11.5 Å². The number of aliphatic hydroxyl groups is 1. The van der Waals surface area contributed by atoms with Crippen LogP contribution in [0.5, 0.6) is 11.5 Å². The van der Waals surface area contributed by atoms with Gasteiger partial charge in [0.05, 0.1) is 22.9 Å². The number of carbonyl (C=O) groups excluding carboxylic acids is 1. The van der Waals surface area contributed by atoms with Gasteiger partial charge in [0, 0.05) is 21.4 Å². The number of nitro groups is 1. The number of nitrogens with zero attached hydrogens (tertiary/aromatic N) is 1. The summed E-state index contributed by atoms with van der Waals surface area (Å²) in [7, 11) is -1.25. The maximum absolute atomic E-state index is 11.4. The molecule has 0 amide bonds. The molecule has 220 valence electrons. The number of aldehydes is 1. The van der Waals surface area contributed by atoms with Gasteiger partial charge in [0.2, 0.25) is 6.54 Å². The number of carbonyl (C=O) groups is 1. The van der Waals surface area contributed by atoms with Gasteiger partial charge < -0.3 is 33.2 Å². The van der Waals surface area contributed by atoms with Crippen LogP contribution >= 0.6 is 0 Å². The molecule has 2 atom stereocenters. The summed E-state index contributed by atoms with van der Waals surface area (Å²) in [6, 6.07) is 10.7. The highest BCUT2D eigenvalue weighted by Gasteiger charge is 2.53. The van der Waals surface area contributed by atoms with Crippen molar-refractivity contribution in [3.63, 3.8) is 0 Å². The number of hydrogen-bond donors (Lipinski definition) is 1. The third kappa shape index (κ3) is 6.92. The minimum atomic E-state index is -0.982. The number of rotatable bonds is 7. The second-order valence-electron chi connectivity index (χ2n) is 12.1. The van der Waals surface area contributed by atoms with Gasteiger partial charge in [0.1, 0.15) is 37.1 Å². The van der Waals surface area contributed by atoms with E-state index in [1.165, 1.54) is 0 Å². The minimum Gasteiger partial charge on any atom is -0.491 e. The quantitative estimate of drug-likeness (QED) is 0.229. The van der Waals surface area contributed by atoms with Crippen LogP contribution in [0.25, 0.3) is 0 Å². The van der Waals surface area contributed by atoms with Crippen LogP contribution in [0.4, 0.5) is 0 Å². The lowest BCUT2D eigenvalue weighted by Crippen LogP contribution is -2.41. The molecule has 13 heteroatoms. The van der Waals surface area contributed by atoms with Crippen LogP contribution in [0.15, 0.2) is 36.4 Å². The van der Waals surface area contributed by atoms with Crippen LogP contribution in [0.1, 0.15) is 70.5 Å². The fourth-order valence-electron chi connectivity index (χ4n) is 4.60. The Bertz CT molecular complexity index is 1260. The van der Waals surface area contributed by atoms with Crippen molar-refractivity contribution in [2.45, 2.75) is 77.5 Å². The molecule has 3 heterocycles. The highest BCUT2D eigenvalue weighted by molar-refractivity contribution is 6.65. The number of benzene rings is 2. The SMILES string of the molecule is CC(C)(O)COc1cccc(C=O)c1B1OC(C)(C)C(C)(C)O1.CC1COc2cccc3c2B(O1)OC3C[N+](=O)[O-].